The molecule has 1 aliphatic heterocycles. The normalized spacial score (nSPS) is 17.5. The van der Waals surface area contributed by atoms with Crippen molar-refractivity contribution in [3.05, 3.63) is 35.9 Å². The van der Waals surface area contributed by atoms with Gasteiger partial charge in [-0.3, -0.25) is 19.2 Å². The highest BCUT2D eigenvalue weighted by Gasteiger charge is 2.44. The van der Waals surface area contributed by atoms with Crippen molar-refractivity contribution in [2.24, 2.45) is 0 Å². The lowest BCUT2D eigenvalue weighted by atomic mass is 10.1. The highest BCUT2D eigenvalue weighted by Crippen LogP contribution is 2.24. The largest absolute Gasteiger partial charge is 0.471 e. The maximum Gasteiger partial charge on any atom is 0.471 e. The van der Waals surface area contributed by atoms with Crippen LogP contribution in [-0.2, 0) is 25.6 Å². The lowest BCUT2D eigenvalue weighted by molar-refractivity contribution is -0.186. The number of hydrogen-bond donors (Lipinski definition) is 2. The second-order valence-corrected chi connectivity index (χ2v) is 8.79. The molecule has 1 saturated heterocycles. The third kappa shape index (κ3) is 8.34. The van der Waals surface area contributed by atoms with Gasteiger partial charge in [0.1, 0.15) is 11.8 Å². The molecule has 1 fully saturated rings. The van der Waals surface area contributed by atoms with Crippen molar-refractivity contribution < 1.29 is 32.3 Å². The second kappa shape index (κ2) is 12.7. The third-order valence-electron chi connectivity index (χ3n) is 6.07. The lowest BCUT2D eigenvalue weighted by Gasteiger charge is -2.33. The Morgan fingerprint density at radius 3 is 2.40 bits per heavy atom. The zero-order valence-electron chi connectivity index (χ0n) is 20.2. The van der Waals surface area contributed by atoms with Crippen molar-refractivity contribution in [1.82, 2.24) is 20.4 Å². The molecule has 1 heterocycles. The average Bonchev–Trinajstić information content (AvgIpc) is 3.27. The Hall–Kier alpha value is -2.95. The number of carbonyl (C=O) groups is 4. The number of hydrogen-bond acceptors (Lipinski definition) is 5. The van der Waals surface area contributed by atoms with Gasteiger partial charge in [-0.1, -0.05) is 30.3 Å². The molecule has 0 saturated carbocycles. The first-order chi connectivity index (χ1) is 16.4. The predicted molar refractivity (Wildman–Crippen MR) is 123 cm³/mol. The maximum atomic E-state index is 13.3. The topological polar surface area (TPSA) is 98.8 Å². The van der Waals surface area contributed by atoms with Gasteiger partial charge in [0.25, 0.3) is 0 Å². The number of carbonyl (C=O) groups excluding carboxylic acids is 4. The molecule has 0 aromatic heterocycles. The summed E-state index contributed by atoms with van der Waals surface area (Å²) in [5.74, 6) is -3.28. The van der Waals surface area contributed by atoms with E-state index in [9.17, 15) is 32.3 Å². The first kappa shape index (κ1) is 28.3. The monoisotopic (exact) mass is 498 g/mol. The number of ketones is 1. The number of nitrogens with one attached hydrogen (secondary N) is 2. The Balaban J connectivity index is 2.18. The van der Waals surface area contributed by atoms with Crippen LogP contribution in [0.25, 0.3) is 0 Å². The van der Waals surface area contributed by atoms with Crippen LogP contribution in [0.4, 0.5) is 13.2 Å². The Bertz CT molecular complexity index is 895. The van der Waals surface area contributed by atoms with Crippen LogP contribution >= 0.6 is 0 Å². The van der Waals surface area contributed by atoms with Crippen LogP contribution in [0.2, 0.25) is 0 Å². The van der Waals surface area contributed by atoms with Crippen molar-refractivity contribution in [2.45, 2.75) is 63.8 Å². The summed E-state index contributed by atoms with van der Waals surface area (Å²) in [5.41, 5.74) is 0.787. The standard InChI is InChI=1S/C24H33F3N4O4/c1-16(32)14-20(29-21(33)17(2)28-3)22(34)31-12-7-10-19(31)15-30(23(35)24(25,26)27)13-11-18-8-5-4-6-9-18/h4-6,8-9,17,19-20,28H,7,10-15H2,1-3H3,(H,29,33)/t17-,19-,20?/m0/s1. The van der Waals surface area contributed by atoms with E-state index in [0.717, 1.165) is 10.5 Å². The van der Waals surface area contributed by atoms with Gasteiger partial charge in [-0.05, 0) is 45.7 Å². The number of benzene rings is 1. The minimum atomic E-state index is -5.04. The Kier molecular flexibility index (Phi) is 10.2. The van der Waals surface area contributed by atoms with Gasteiger partial charge in [-0.15, -0.1) is 0 Å². The van der Waals surface area contributed by atoms with E-state index in [0.29, 0.717) is 12.8 Å². The summed E-state index contributed by atoms with van der Waals surface area (Å²) in [5, 5.41) is 5.32. The molecule has 35 heavy (non-hydrogen) atoms. The van der Waals surface area contributed by atoms with E-state index < -0.39 is 42.0 Å². The molecule has 3 amide bonds. The minimum absolute atomic E-state index is 0.159. The first-order valence-corrected chi connectivity index (χ1v) is 11.6. The van der Waals surface area contributed by atoms with E-state index in [-0.39, 0.29) is 38.3 Å². The minimum Gasteiger partial charge on any atom is -0.343 e. The quantitative estimate of drug-likeness (QED) is 0.484. The van der Waals surface area contributed by atoms with E-state index in [1.807, 2.05) is 0 Å². The molecule has 0 bridgehead atoms. The van der Waals surface area contributed by atoms with Crippen LogP contribution in [0.3, 0.4) is 0 Å². The van der Waals surface area contributed by atoms with Gasteiger partial charge in [0.2, 0.25) is 11.8 Å². The van der Waals surface area contributed by atoms with Crippen LogP contribution in [0, 0.1) is 0 Å². The molecule has 2 N–H and O–H groups in total. The van der Waals surface area contributed by atoms with Gasteiger partial charge in [0, 0.05) is 32.1 Å². The van der Waals surface area contributed by atoms with Crippen LogP contribution in [-0.4, -0.2) is 84.3 Å². The highest BCUT2D eigenvalue weighted by atomic mass is 19.4. The first-order valence-electron chi connectivity index (χ1n) is 11.6. The van der Waals surface area contributed by atoms with Crippen LogP contribution in [0.15, 0.2) is 30.3 Å². The summed E-state index contributed by atoms with van der Waals surface area (Å²) in [6, 6.07) is 6.46. The van der Waals surface area contributed by atoms with E-state index in [1.165, 1.54) is 11.8 Å². The number of amides is 3. The highest BCUT2D eigenvalue weighted by molar-refractivity contribution is 5.93. The lowest BCUT2D eigenvalue weighted by Crippen LogP contribution is -2.56. The van der Waals surface area contributed by atoms with Gasteiger partial charge in [-0.25, -0.2) is 0 Å². The predicted octanol–water partition coefficient (Wildman–Crippen LogP) is 1.68. The molecule has 1 aromatic carbocycles. The van der Waals surface area contributed by atoms with Gasteiger partial charge in [0.15, 0.2) is 0 Å². The number of Topliss-reactive ketones (excluding diaryl/α,β-unsaturated/α-hetero) is 1. The molecule has 8 nitrogen and oxygen atoms in total. The van der Waals surface area contributed by atoms with Crippen molar-refractivity contribution >= 4 is 23.5 Å². The summed E-state index contributed by atoms with van der Waals surface area (Å²) >= 11 is 0. The summed E-state index contributed by atoms with van der Waals surface area (Å²) in [4.78, 5) is 51.7. The van der Waals surface area contributed by atoms with E-state index in [2.05, 4.69) is 10.6 Å². The molecule has 194 valence electrons. The van der Waals surface area contributed by atoms with Crippen molar-refractivity contribution in [2.75, 3.05) is 26.7 Å². The fourth-order valence-electron chi connectivity index (χ4n) is 4.05. The van der Waals surface area contributed by atoms with Crippen molar-refractivity contribution in [3.63, 3.8) is 0 Å². The zero-order chi connectivity index (χ0) is 26.2. The zero-order valence-corrected chi connectivity index (χ0v) is 20.2. The number of nitrogens with zero attached hydrogens (tertiary/aromatic N) is 2. The maximum absolute atomic E-state index is 13.3. The summed E-state index contributed by atoms with van der Waals surface area (Å²) in [6.45, 7) is 2.71. The molecular weight excluding hydrogens is 465 g/mol. The van der Waals surface area contributed by atoms with Gasteiger partial charge < -0.3 is 20.4 Å². The second-order valence-electron chi connectivity index (χ2n) is 8.79. The van der Waals surface area contributed by atoms with Gasteiger partial charge >= 0.3 is 12.1 Å². The molecule has 2 rings (SSSR count). The Morgan fingerprint density at radius 1 is 1.17 bits per heavy atom. The molecule has 0 radical (unpaired) electrons. The molecule has 1 aromatic rings. The molecule has 0 spiro atoms. The fraction of sp³-hybridized carbons (Fsp3) is 0.583. The molecule has 3 atom stereocenters. The van der Waals surface area contributed by atoms with Gasteiger partial charge in [-0.2, -0.15) is 13.2 Å². The van der Waals surface area contributed by atoms with E-state index in [4.69, 9.17) is 0 Å². The van der Waals surface area contributed by atoms with Crippen LogP contribution < -0.4 is 10.6 Å². The Labute approximate surface area is 203 Å². The van der Waals surface area contributed by atoms with E-state index >= 15 is 0 Å². The molecule has 1 unspecified atom stereocenters. The third-order valence-corrected chi connectivity index (χ3v) is 6.07. The fourth-order valence-corrected chi connectivity index (χ4v) is 4.05. The number of halogens is 3. The average molecular weight is 499 g/mol. The van der Waals surface area contributed by atoms with Gasteiger partial charge in [0.05, 0.1) is 6.04 Å². The number of rotatable bonds is 11. The number of alkyl halides is 3. The summed E-state index contributed by atoms with van der Waals surface area (Å²) < 4.78 is 39.9. The summed E-state index contributed by atoms with van der Waals surface area (Å²) in [7, 11) is 1.57. The van der Waals surface area contributed by atoms with Crippen LogP contribution in [0.1, 0.15) is 38.7 Å². The van der Waals surface area contributed by atoms with Crippen LogP contribution in [0.5, 0.6) is 0 Å². The molecule has 11 heteroatoms. The Morgan fingerprint density at radius 2 is 1.83 bits per heavy atom. The molecule has 1 aliphatic rings. The molecular formula is C24H33F3N4O4. The van der Waals surface area contributed by atoms with Crippen molar-refractivity contribution in [3.8, 4) is 0 Å². The summed E-state index contributed by atoms with van der Waals surface area (Å²) in [6.07, 6.45) is -4.10. The van der Waals surface area contributed by atoms with E-state index in [1.54, 1.807) is 44.3 Å². The SMILES string of the molecule is CN[C@@H](C)C(=O)NC(CC(C)=O)C(=O)N1CCC[C@H]1CN(CCc1ccccc1)C(=O)C(F)(F)F. The van der Waals surface area contributed by atoms with Crippen molar-refractivity contribution in [1.29, 1.82) is 0 Å². The number of likely N-dealkylation sites (N-methyl/N-ethyl adjacent to an activating group) is 1. The number of likely N-dealkylation sites (tertiary alicyclic amines) is 1. The molecule has 0 aliphatic carbocycles. The smallest absolute Gasteiger partial charge is 0.343 e.